The zero-order valence-corrected chi connectivity index (χ0v) is 10.4. The quantitative estimate of drug-likeness (QED) is 0.800. The highest BCUT2D eigenvalue weighted by Crippen LogP contribution is 2.20. The summed E-state index contributed by atoms with van der Waals surface area (Å²) in [4.78, 5) is 3.96. The van der Waals surface area contributed by atoms with Gasteiger partial charge in [0.2, 0.25) is 0 Å². The summed E-state index contributed by atoms with van der Waals surface area (Å²) >= 11 is 0. The fraction of sp³-hybridized carbons (Fsp3) is 0.615. The van der Waals surface area contributed by atoms with E-state index >= 15 is 0 Å². The molecular formula is C13H22N2O. The van der Waals surface area contributed by atoms with Crippen LogP contribution in [0.4, 0.5) is 0 Å². The highest BCUT2D eigenvalue weighted by Gasteiger charge is 2.15. The zero-order valence-electron chi connectivity index (χ0n) is 10.4. The van der Waals surface area contributed by atoms with E-state index in [1.54, 1.807) is 12.4 Å². The normalized spacial score (nSPS) is 13.8. The second-order valence-corrected chi connectivity index (χ2v) is 5.40. The van der Waals surface area contributed by atoms with Gasteiger partial charge < -0.3 is 10.4 Å². The lowest BCUT2D eigenvalue weighted by Crippen LogP contribution is -2.29. The van der Waals surface area contributed by atoms with E-state index in [1.807, 2.05) is 12.1 Å². The summed E-state index contributed by atoms with van der Waals surface area (Å²) in [5.41, 5.74) is 1.37. The van der Waals surface area contributed by atoms with E-state index in [1.165, 1.54) is 5.56 Å². The van der Waals surface area contributed by atoms with Gasteiger partial charge in [-0.1, -0.05) is 20.8 Å². The molecule has 0 amide bonds. The van der Waals surface area contributed by atoms with E-state index < -0.39 is 0 Å². The number of hydrogen-bond donors (Lipinski definition) is 2. The lowest BCUT2D eigenvalue weighted by molar-refractivity contribution is 0.119. The first-order chi connectivity index (χ1) is 7.47. The van der Waals surface area contributed by atoms with Crippen LogP contribution in [-0.2, 0) is 6.54 Å². The van der Waals surface area contributed by atoms with Gasteiger partial charge in [0.25, 0.3) is 0 Å². The van der Waals surface area contributed by atoms with Gasteiger partial charge in [-0.2, -0.15) is 0 Å². The van der Waals surface area contributed by atoms with Crippen molar-refractivity contribution in [2.75, 3.05) is 6.54 Å². The molecule has 90 valence electrons. The van der Waals surface area contributed by atoms with E-state index in [0.29, 0.717) is 6.54 Å². The molecule has 0 saturated carbocycles. The average Bonchev–Trinajstić information content (AvgIpc) is 2.16. The van der Waals surface area contributed by atoms with Crippen LogP contribution in [0, 0.1) is 5.41 Å². The molecule has 3 nitrogen and oxygen atoms in total. The molecular weight excluding hydrogens is 200 g/mol. The van der Waals surface area contributed by atoms with E-state index in [4.69, 9.17) is 0 Å². The molecule has 16 heavy (non-hydrogen) atoms. The third-order valence-corrected chi connectivity index (χ3v) is 2.31. The molecule has 0 fully saturated rings. The minimum Gasteiger partial charge on any atom is -0.392 e. The topological polar surface area (TPSA) is 45.1 Å². The first-order valence-corrected chi connectivity index (χ1v) is 5.75. The molecule has 0 aliphatic carbocycles. The molecule has 1 aromatic rings. The highest BCUT2D eigenvalue weighted by molar-refractivity contribution is 5.08. The van der Waals surface area contributed by atoms with Crippen molar-refractivity contribution in [3.05, 3.63) is 30.1 Å². The predicted molar refractivity (Wildman–Crippen MR) is 66.0 cm³/mol. The summed E-state index contributed by atoms with van der Waals surface area (Å²) in [5.74, 6) is 0. The van der Waals surface area contributed by atoms with Gasteiger partial charge in [0.05, 0.1) is 6.10 Å². The molecule has 0 saturated heterocycles. The highest BCUT2D eigenvalue weighted by atomic mass is 16.3. The second-order valence-electron chi connectivity index (χ2n) is 5.40. The molecule has 0 aliphatic heterocycles. The average molecular weight is 222 g/mol. The van der Waals surface area contributed by atoms with Crippen molar-refractivity contribution in [2.45, 2.75) is 39.8 Å². The van der Waals surface area contributed by atoms with Gasteiger partial charge in [-0.05, 0) is 29.5 Å². The number of rotatable bonds is 5. The monoisotopic (exact) mass is 222 g/mol. The molecule has 1 atom stereocenters. The van der Waals surface area contributed by atoms with Gasteiger partial charge in [0.1, 0.15) is 0 Å². The molecule has 1 aromatic heterocycles. The molecule has 0 bridgehead atoms. The molecule has 1 unspecified atom stereocenters. The third-order valence-electron chi connectivity index (χ3n) is 2.31. The Bertz CT molecular complexity index is 293. The first kappa shape index (κ1) is 13.1. The van der Waals surface area contributed by atoms with Crippen LogP contribution < -0.4 is 5.32 Å². The van der Waals surface area contributed by atoms with Crippen LogP contribution in [-0.4, -0.2) is 22.7 Å². The number of aliphatic hydroxyl groups excluding tert-OH is 1. The van der Waals surface area contributed by atoms with Crippen LogP contribution in [0.25, 0.3) is 0 Å². The van der Waals surface area contributed by atoms with Crippen molar-refractivity contribution >= 4 is 0 Å². The maximum Gasteiger partial charge on any atom is 0.0669 e. The summed E-state index contributed by atoms with van der Waals surface area (Å²) < 4.78 is 0. The number of pyridine rings is 1. The lowest BCUT2D eigenvalue weighted by atomic mass is 9.89. The Labute approximate surface area is 97.9 Å². The smallest absolute Gasteiger partial charge is 0.0669 e. The first-order valence-electron chi connectivity index (χ1n) is 5.75. The minimum atomic E-state index is -0.276. The number of aromatic nitrogens is 1. The van der Waals surface area contributed by atoms with Gasteiger partial charge in [-0.25, -0.2) is 0 Å². The number of nitrogens with one attached hydrogen (secondary N) is 1. The number of nitrogens with zero attached hydrogens (tertiary/aromatic N) is 1. The Balaban J connectivity index is 2.21. The number of hydrogen-bond acceptors (Lipinski definition) is 3. The summed E-state index contributed by atoms with van der Waals surface area (Å²) in [6.45, 7) is 7.83. The van der Waals surface area contributed by atoms with Gasteiger partial charge in [0.15, 0.2) is 0 Å². The van der Waals surface area contributed by atoms with Crippen LogP contribution in [0.5, 0.6) is 0 Å². The van der Waals surface area contributed by atoms with E-state index in [0.717, 1.165) is 13.0 Å². The van der Waals surface area contributed by atoms with Gasteiger partial charge in [-0.15, -0.1) is 0 Å². The molecule has 0 spiro atoms. The van der Waals surface area contributed by atoms with Gasteiger partial charge >= 0.3 is 0 Å². The van der Waals surface area contributed by atoms with Crippen LogP contribution >= 0.6 is 0 Å². The zero-order chi connectivity index (χ0) is 12.0. The van der Waals surface area contributed by atoms with Crippen LogP contribution in [0.2, 0.25) is 0 Å². The maximum atomic E-state index is 9.79. The Morgan fingerprint density at radius 3 is 2.50 bits per heavy atom. The molecule has 3 heteroatoms. The van der Waals surface area contributed by atoms with E-state index in [9.17, 15) is 5.11 Å². The predicted octanol–water partition coefficient (Wildman–Crippen LogP) is 1.97. The molecule has 0 aliphatic rings. The Morgan fingerprint density at radius 2 is 1.94 bits per heavy atom. The van der Waals surface area contributed by atoms with Crippen molar-refractivity contribution in [2.24, 2.45) is 5.41 Å². The molecule has 2 N–H and O–H groups in total. The van der Waals surface area contributed by atoms with Crippen molar-refractivity contribution < 1.29 is 5.11 Å². The maximum absolute atomic E-state index is 9.79. The fourth-order valence-electron chi connectivity index (χ4n) is 1.66. The Kier molecular flexibility index (Phi) is 4.90. The van der Waals surface area contributed by atoms with Crippen LogP contribution in [0.1, 0.15) is 32.8 Å². The summed E-state index contributed by atoms with van der Waals surface area (Å²) in [6.07, 6.45) is 4.10. The SMILES string of the molecule is CC(C)(C)CC(O)CNCc1ccncc1. The largest absolute Gasteiger partial charge is 0.392 e. The number of aliphatic hydroxyl groups is 1. The van der Waals surface area contributed by atoms with Crippen molar-refractivity contribution in [3.8, 4) is 0 Å². The Hall–Kier alpha value is -0.930. The molecule has 0 radical (unpaired) electrons. The summed E-state index contributed by atoms with van der Waals surface area (Å²) in [7, 11) is 0. The fourth-order valence-corrected chi connectivity index (χ4v) is 1.66. The van der Waals surface area contributed by atoms with Crippen molar-refractivity contribution in [3.63, 3.8) is 0 Å². The van der Waals surface area contributed by atoms with Gasteiger partial charge in [-0.3, -0.25) is 4.98 Å². The Morgan fingerprint density at radius 1 is 1.31 bits per heavy atom. The lowest BCUT2D eigenvalue weighted by Gasteiger charge is -2.22. The second kappa shape index (κ2) is 5.97. The summed E-state index contributed by atoms with van der Waals surface area (Å²) in [6, 6.07) is 3.95. The van der Waals surface area contributed by atoms with Gasteiger partial charge in [0, 0.05) is 25.5 Å². The van der Waals surface area contributed by atoms with E-state index in [-0.39, 0.29) is 11.5 Å². The van der Waals surface area contributed by atoms with Crippen molar-refractivity contribution in [1.82, 2.24) is 10.3 Å². The third kappa shape index (κ3) is 5.83. The summed E-state index contributed by atoms with van der Waals surface area (Å²) in [5, 5.41) is 13.0. The molecule has 0 aromatic carbocycles. The van der Waals surface area contributed by atoms with E-state index in [2.05, 4.69) is 31.1 Å². The van der Waals surface area contributed by atoms with Crippen LogP contribution in [0.3, 0.4) is 0 Å². The standard InChI is InChI=1S/C13H22N2O/c1-13(2,3)8-12(16)10-15-9-11-4-6-14-7-5-11/h4-7,12,15-16H,8-10H2,1-3H3. The van der Waals surface area contributed by atoms with Crippen molar-refractivity contribution in [1.29, 1.82) is 0 Å². The minimum absolute atomic E-state index is 0.178. The molecule has 1 heterocycles. The molecule has 1 rings (SSSR count). The van der Waals surface area contributed by atoms with Crippen LogP contribution in [0.15, 0.2) is 24.5 Å².